The molecule has 0 aliphatic carbocycles. The largest absolute Gasteiger partial charge is 0.339 e. The van der Waals surface area contributed by atoms with E-state index >= 15 is 0 Å². The van der Waals surface area contributed by atoms with Gasteiger partial charge in [0.05, 0.1) is 5.69 Å². The van der Waals surface area contributed by atoms with Crippen LogP contribution in [0.25, 0.3) is 5.69 Å². The highest BCUT2D eigenvalue weighted by molar-refractivity contribution is 5.82. The van der Waals surface area contributed by atoms with E-state index in [1.807, 2.05) is 41.0 Å². The van der Waals surface area contributed by atoms with E-state index < -0.39 is 0 Å². The van der Waals surface area contributed by atoms with E-state index in [2.05, 4.69) is 29.4 Å². The summed E-state index contributed by atoms with van der Waals surface area (Å²) in [4.78, 5) is 16.2. The van der Waals surface area contributed by atoms with E-state index in [0.717, 1.165) is 18.8 Å². The van der Waals surface area contributed by atoms with Crippen molar-refractivity contribution in [2.75, 3.05) is 31.1 Å². The first-order valence-electron chi connectivity index (χ1n) is 7.92. The molecule has 0 spiro atoms. The third-order valence-corrected chi connectivity index (χ3v) is 3.92. The number of carbonyl (C=O) groups excluding carboxylic acids is 1. The molecule has 1 aromatic heterocycles. The molecule has 1 aromatic carbocycles. The second kappa shape index (κ2) is 6.36. The molecule has 0 radical (unpaired) electrons. The molecule has 23 heavy (non-hydrogen) atoms. The fourth-order valence-corrected chi connectivity index (χ4v) is 2.75. The van der Waals surface area contributed by atoms with Gasteiger partial charge < -0.3 is 9.80 Å². The lowest BCUT2D eigenvalue weighted by Crippen LogP contribution is -2.52. The van der Waals surface area contributed by atoms with Crippen LogP contribution in [-0.4, -0.2) is 57.2 Å². The minimum atomic E-state index is 0.128. The van der Waals surface area contributed by atoms with Crippen molar-refractivity contribution in [3.63, 3.8) is 0 Å². The molecule has 122 valence electrons. The molecular formula is C16H22N6O. The van der Waals surface area contributed by atoms with Gasteiger partial charge in [0.2, 0.25) is 5.91 Å². The van der Waals surface area contributed by atoms with Crippen LogP contribution in [0.2, 0.25) is 0 Å². The highest BCUT2D eigenvalue weighted by atomic mass is 16.2. The molecule has 7 nitrogen and oxygen atoms in total. The Bertz CT molecular complexity index is 678. The van der Waals surface area contributed by atoms with E-state index in [0.29, 0.717) is 25.0 Å². The van der Waals surface area contributed by atoms with Gasteiger partial charge in [-0.15, -0.1) is 0 Å². The van der Waals surface area contributed by atoms with Gasteiger partial charge in [0.15, 0.2) is 0 Å². The zero-order chi connectivity index (χ0) is 16.4. The van der Waals surface area contributed by atoms with Crippen molar-refractivity contribution in [2.24, 2.45) is 5.92 Å². The van der Waals surface area contributed by atoms with Gasteiger partial charge in [-0.2, -0.15) is 4.68 Å². The fourth-order valence-electron chi connectivity index (χ4n) is 2.75. The van der Waals surface area contributed by atoms with E-state index in [1.54, 1.807) is 4.68 Å². The molecule has 0 atom stereocenters. The number of tetrazole rings is 1. The predicted molar refractivity (Wildman–Crippen MR) is 87.5 cm³/mol. The maximum atomic E-state index is 12.3. The van der Waals surface area contributed by atoms with Crippen molar-refractivity contribution in [3.8, 4) is 5.69 Å². The Balaban J connectivity index is 1.78. The number of hydrogen-bond donors (Lipinski definition) is 0. The maximum absolute atomic E-state index is 12.3. The molecule has 1 saturated heterocycles. The molecule has 0 bridgehead atoms. The van der Waals surface area contributed by atoms with Crippen molar-refractivity contribution >= 4 is 11.9 Å². The van der Waals surface area contributed by atoms with Gasteiger partial charge in [0.25, 0.3) is 5.95 Å². The maximum Gasteiger partial charge on any atom is 0.250 e. The van der Waals surface area contributed by atoms with E-state index in [-0.39, 0.29) is 5.91 Å². The number of nitrogens with zero attached hydrogens (tertiary/aromatic N) is 6. The smallest absolute Gasteiger partial charge is 0.250 e. The lowest BCUT2D eigenvalue weighted by atomic mass is 10.2. The fraction of sp³-hybridized carbons (Fsp3) is 0.500. The topological polar surface area (TPSA) is 67.2 Å². The summed E-state index contributed by atoms with van der Waals surface area (Å²) < 4.78 is 1.69. The SMILES string of the molecule is Cc1ccc(-n2nnnc2N2CCN(CC(C)C)C(=O)C2)cc1. The average Bonchev–Trinajstić information content (AvgIpc) is 2.99. The Morgan fingerprint density at radius 1 is 1.17 bits per heavy atom. The normalized spacial score (nSPS) is 15.6. The molecule has 1 aliphatic heterocycles. The second-order valence-corrected chi connectivity index (χ2v) is 6.38. The monoisotopic (exact) mass is 314 g/mol. The van der Waals surface area contributed by atoms with Crippen molar-refractivity contribution < 1.29 is 4.79 Å². The highest BCUT2D eigenvalue weighted by Gasteiger charge is 2.27. The molecule has 3 rings (SSSR count). The molecule has 1 fully saturated rings. The van der Waals surface area contributed by atoms with Gasteiger partial charge in [0.1, 0.15) is 6.54 Å². The second-order valence-electron chi connectivity index (χ2n) is 6.38. The van der Waals surface area contributed by atoms with Gasteiger partial charge in [-0.3, -0.25) is 4.79 Å². The number of carbonyl (C=O) groups is 1. The van der Waals surface area contributed by atoms with Gasteiger partial charge in [-0.25, -0.2) is 0 Å². The van der Waals surface area contributed by atoms with Crippen LogP contribution in [-0.2, 0) is 4.79 Å². The van der Waals surface area contributed by atoms with Gasteiger partial charge in [0, 0.05) is 19.6 Å². The first-order chi connectivity index (χ1) is 11.0. The zero-order valence-corrected chi connectivity index (χ0v) is 13.8. The first-order valence-corrected chi connectivity index (χ1v) is 7.92. The lowest BCUT2D eigenvalue weighted by molar-refractivity contribution is -0.131. The first kappa shape index (κ1) is 15.5. The van der Waals surface area contributed by atoms with Crippen LogP contribution < -0.4 is 4.90 Å². The van der Waals surface area contributed by atoms with Crippen LogP contribution in [0.1, 0.15) is 19.4 Å². The number of aromatic nitrogens is 4. The molecule has 0 N–H and O–H groups in total. The Morgan fingerprint density at radius 3 is 2.57 bits per heavy atom. The molecule has 1 aliphatic rings. The number of aryl methyl sites for hydroxylation is 1. The molecule has 0 unspecified atom stereocenters. The summed E-state index contributed by atoms with van der Waals surface area (Å²) in [5.74, 6) is 1.22. The van der Waals surface area contributed by atoms with E-state index in [4.69, 9.17) is 0 Å². The summed E-state index contributed by atoms with van der Waals surface area (Å²) in [6, 6.07) is 8.00. The molecular weight excluding hydrogens is 292 g/mol. The van der Waals surface area contributed by atoms with Crippen molar-refractivity contribution in [1.82, 2.24) is 25.1 Å². The standard InChI is InChI=1S/C16H22N6O/c1-12(2)10-20-8-9-21(11-15(20)23)16-17-18-19-22(16)14-6-4-13(3)5-7-14/h4-7,12H,8-11H2,1-3H3. The molecule has 1 amide bonds. The van der Waals surface area contributed by atoms with Crippen LogP contribution in [0, 0.1) is 12.8 Å². The van der Waals surface area contributed by atoms with Crippen LogP contribution in [0.5, 0.6) is 0 Å². The van der Waals surface area contributed by atoms with Crippen LogP contribution in [0.15, 0.2) is 24.3 Å². The number of benzene rings is 1. The lowest BCUT2D eigenvalue weighted by Gasteiger charge is -2.35. The minimum Gasteiger partial charge on any atom is -0.339 e. The van der Waals surface area contributed by atoms with Crippen LogP contribution >= 0.6 is 0 Å². The minimum absolute atomic E-state index is 0.128. The summed E-state index contributed by atoms with van der Waals surface area (Å²) in [6.45, 7) is 8.85. The molecule has 2 aromatic rings. The zero-order valence-electron chi connectivity index (χ0n) is 13.8. The number of hydrogen-bond acceptors (Lipinski definition) is 5. The van der Waals surface area contributed by atoms with E-state index in [1.165, 1.54) is 5.56 Å². The quantitative estimate of drug-likeness (QED) is 0.850. The van der Waals surface area contributed by atoms with Gasteiger partial charge in [-0.05, 0) is 35.4 Å². The average molecular weight is 314 g/mol. The molecule has 2 heterocycles. The summed E-state index contributed by atoms with van der Waals surface area (Å²) in [5, 5.41) is 12.0. The highest BCUT2D eigenvalue weighted by Crippen LogP contribution is 2.18. The Morgan fingerprint density at radius 2 is 1.91 bits per heavy atom. The van der Waals surface area contributed by atoms with Crippen molar-refractivity contribution in [2.45, 2.75) is 20.8 Å². The molecule has 0 saturated carbocycles. The third-order valence-electron chi connectivity index (χ3n) is 3.92. The number of amides is 1. The van der Waals surface area contributed by atoms with Gasteiger partial charge >= 0.3 is 0 Å². The van der Waals surface area contributed by atoms with Crippen molar-refractivity contribution in [3.05, 3.63) is 29.8 Å². The summed E-state index contributed by atoms with van der Waals surface area (Å²) >= 11 is 0. The summed E-state index contributed by atoms with van der Waals surface area (Å²) in [7, 11) is 0. The number of rotatable bonds is 4. The molecule has 7 heteroatoms. The third kappa shape index (κ3) is 3.33. The number of anilines is 1. The van der Waals surface area contributed by atoms with Crippen LogP contribution in [0.3, 0.4) is 0 Å². The van der Waals surface area contributed by atoms with E-state index in [9.17, 15) is 4.79 Å². The Hall–Kier alpha value is -2.44. The van der Waals surface area contributed by atoms with Crippen molar-refractivity contribution in [1.29, 1.82) is 0 Å². The Kier molecular flexibility index (Phi) is 4.27. The summed E-state index contributed by atoms with van der Waals surface area (Å²) in [6.07, 6.45) is 0. The van der Waals surface area contributed by atoms with Gasteiger partial charge in [-0.1, -0.05) is 36.6 Å². The summed E-state index contributed by atoms with van der Waals surface area (Å²) in [5.41, 5.74) is 2.08. The Labute approximate surface area is 135 Å². The number of piperazine rings is 1. The predicted octanol–water partition coefficient (Wildman–Crippen LogP) is 1.28. The van der Waals surface area contributed by atoms with Crippen LogP contribution in [0.4, 0.5) is 5.95 Å².